The van der Waals surface area contributed by atoms with Crippen LogP contribution in [-0.2, 0) is 14.3 Å². The van der Waals surface area contributed by atoms with E-state index in [1.54, 1.807) is 6.92 Å². The van der Waals surface area contributed by atoms with E-state index in [4.69, 9.17) is 4.74 Å². The minimum atomic E-state index is -0.627. The standard InChI is InChI=1S/C8H16N2O4/c1-6(7(11)9-2)10-8(12)14-5-4-13-3/h6H,4-5H2,1-3H3,(H,9,11)(H,10,12). The lowest BCUT2D eigenvalue weighted by molar-refractivity contribution is -0.122. The molecule has 0 radical (unpaired) electrons. The highest BCUT2D eigenvalue weighted by Crippen LogP contribution is 1.84. The van der Waals surface area contributed by atoms with Crippen molar-refractivity contribution in [2.24, 2.45) is 0 Å². The number of likely N-dealkylation sites (N-methyl/N-ethyl adjacent to an activating group) is 1. The van der Waals surface area contributed by atoms with E-state index >= 15 is 0 Å². The van der Waals surface area contributed by atoms with Crippen LogP contribution in [0.4, 0.5) is 4.79 Å². The molecule has 0 fully saturated rings. The number of rotatable bonds is 5. The number of hydrogen-bond donors (Lipinski definition) is 2. The van der Waals surface area contributed by atoms with Crippen LogP contribution in [0, 0.1) is 0 Å². The maximum atomic E-state index is 11.0. The predicted molar refractivity (Wildman–Crippen MR) is 49.9 cm³/mol. The zero-order valence-electron chi connectivity index (χ0n) is 8.62. The fourth-order valence-electron chi connectivity index (χ4n) is 0.718. The van der Waals surface area contributed by atoms with Crippen LogP contribution in [0.3, 0.4) is 0 Å². The van der Waals surface area contributed by atoms with Crippen molar-refractivity contribution >= 4 is 12.0 Å². The van der Waals surface area contributed by atoms with Gasteiger partial charge in [0.15, 0.2) is 0 Å². The highest BCUT2D eigenvalue weighted by atomic mass is 16.6. The highest BCUT2D eigenvalue weighted by molar-refractivity contribution is 5.84. The highest BCUT2D eigenvalue weighted by Gasteiger charge is 2.13. The lowest BCUT2D eigenvalue weighted by atomic mass is 10.3. The van der Waals surface area contributed by atoms with Gasteiger partial charge in [-0.05, 0) is 6.92 Å². The molecule has 14 heavy (non-hydrogen) atoms. The van der Waals surface area contributed by atoms with E-state index in [9.17, 15) is 9.59 Å². The molecule has 0 aromatic rings. The Kier molecular flexibility index (Phi) is 6.47. The second kappa shape index (κ2) is 7.14. The second-order valence-electron chi connectivity index (χ2n) is 2.61. The van der Waals surface area contributed by atoms with Crippen LogP contribution in [0.5, 0.6) is 0 Å². The van der Waals surface area contributed by atoms with Crippen molar-refractivity contribution in [3.63, 3.8) is 0 Å². The molecule has 0 aromatic heterocycles. The molecule has 0 bridgehead atoms. The Morgan fingerprint density at radius 2 is 2.00 bits per heavy atom. The molecule has 0 aliphatic rings. The van der Waals surface area contributed by atoms with Crippen LogP contribution in [0.25, 0.3) is 0 Å². The van der Waals surface area contributed by atoms with Crippen molar-refractivity contribution in [3.8, 4) is 0 Å². The van der Waals surface area contributed by atoms with Crippen LogP contribution < -0.4 is 10.6 Å². The number of ether oxygens (including phenoxy) is 2. The molecule has 82 valence electrons. The first kappa shape index (κ1) is 12.7. The van der Waals surface area contributed by atoms with Crippen LogP contribution in [-0.4, -0.2) is 45.4 Å². The Labute approximate surface area is 82.9 Å². The molecular formula is C8H16N2O4. The predicted octanol–water partition coefficient (Wildman–Crippen LogP) is -0.506. The second-order valence-corrected chi connectivity index (χ2v) is 2.61. The van der Waals surface area contributed by atoms with Gasteiger partial charge in [-0.15, -0.1) is 0 Å². The van der Waals surface area contributed by atoms with Crippen molar-refractivity contribution in [2.75, 3.05) is 27.4 Å². The first-order valence-electron chi connectivity index (χ1n) is 4.25. The Morgan fingerprint density at radius 1 is 1.36 bits per heavy atom. The number of amides is 2. The molecule has 0 aliphatic heterocycles. The third kappa shape index (κ3) is 5.36. The zero-order chi connectivity index (χ0) is 11.0. The molecule has 6 heteroatoms. The van der Waals surface area contributed by atoms with Gasteiger partial charge in [0.25, 0.3) is 0 Å². The van der Waals surface area contributed by atoms with E-state index in [-0.39, 0.29) is 12.5 Å². The average molecular weight is 204 g/mol. The summed E-state index contributed by atoms with van der Waals surface area (Å²) in [5.74, 6) is -0.270. The van der Waals surface area contributed by atoms with Crippen LogP contribution in [0.1, 0.15) is 6.92 Å². The number of carbonyl (C=O) groups is 2. The summed E-state index contributed by atoms with van der Waals surface area (Å²) in [4.78, 5) is 22.0. The SMILES string of the molecule is CNC(=O)C(C)NC(=O)OCCOC. The maximum Gasteiger partial charge on any atom is 0.407 e. The molecule has 0 saturated carbocycles. The van der Waals surface area contributed by atoms with Crippen molar-refractivity contribution in [3.05, 3.63) is 0 Å². The Bertz CT molecular complexity index is 196. The van der Waals surface area contributed by atoms with Gasteiger partial charge in [0.2, 0.25) is 5.91 Å². The molecule has 0 aliphatic carbocycles. The average Bonchev–Trinajstić information content (AvgIpc) is 2.16. The number of carbonyl (C=O) groups excluding carboxylic acids is 2. The minimum Gasteiger partial charge on any atom is -0.447 e. The number of nitrogens with one attached hydrogen (secondary N) is 2. The van der Waals surface area contributed by atoms with Crippen LogP contribution in [0.2, 0.25) is 0 Å². The molecule has 6 nitrogen and oxygen atoms in total. The van der Waals surface area contributed by atoms with Gasteiger partial charge < -0.3 is 20.1 Å². The van der Waals surface area contributed by atoms with Crippen molar-refractivity contribution < 1.29 is 19.1 Å². The summed E-state index contributed by atoms with van der Waals surface area (Å²) in [7, 11) is 3.01. The van der Waals surface area contributed by atoms with Gasteiger partial charge in [-0.25, -0.2) is 4.79 Å². The van der Waals surface area contributed by atoms with Crippen LogP contribution >= 0.6 is 0 Å². The van der Waals surface area contributed by atoms with E-state index in [2.05, 4.69) is 15.4 Å². The number of alkyl carbamates (subject to hydrolysis) is 1. The fourth-order valence-corrected chi connectivity index (χ4v) is 0.718. The van der Waals surface area contributed by atoms with Gasteiger partial charge in [-0.3, -0.25) is 4.79 Å². The lowest BCUT2D eigenvalue weighted by Crippen LogP contribution is -2.43. The summed E-state index contributed by atoms with van der Waals surface area (Å²) < 4.78 is 9.37. The number of hydrogen-bond acceptors (Lipinski definition) is 4. The van der Waals surface area contributed by atoms with Gasteiger partial charge in [-0.2, -0.15) is 0 Å². The monoisotopic (exact) mass is 204 g/mol. The first-order chi connectivity index (χ1) is 6.61. The zero-order valence-corrected chi connectivity index (χ0v) is 8.62. The summed E-state index contributed by atoms with van der Waals surface area (Å²) >= 11 is 0. The summed E-state index contributed by atoms with van der Waals surface area (Å²) in [5.41, 5.74) is 0. The summed E-state index contributed by atoms with van der Waals surface area (Å²) in [6.07, 6.45) is -0.627. The van der Waals surface area contributed by atoms with E-state index in [1.165, 1.54) is 14.2 Å². The largest absolute Gasteiger partial charge is 0.447 e. The lowest BCUT2D eigenvalue weighted by Gasteiger charge is -2.12. The molecular weight excluding hydrogens is 188 g/mol. The van der Waals surface area contributed by atoms with E-state index in [0.717, 1.165) is 0 Å². The van der Waals surface area contributed by atoms with E-state index in [1.807, 2.05) is 0 Å². The molecule has 1 atom stereocenters. The van der Waals surface area contributed by atoms with Gasteiger partial charge in [0, 0.05) is 14.2 Å². The summed E-state index contributed by atoms with van der Waals surface area (Å²) in [5, 5.41) is 4.76. The fraction of sp³-hybridized carbons (Fsp3) is 0.750. The van der Waals surface area contributed by atoms with E-state index < -0.39 is 12.1 Å². The quantitative estimate of drug-likeness (QED) is 0.591. The molecule has 0 heterocycles. The minimum absolute atomic E-state index is 0.169. The summed E-state index contributed by atoms with van der Waals surface area (Å²) in [6.45, 7) is 2.07. The van der Waals surface area contributed by atoms with Gasteiger partial charge in [-0.1, -0.05) is 0 Å². The van der Waals surface area contributed by atoms with Gasteiger partial charge in [0.1, 0.15) is 12.6 Å². The molecule has 2 N–H and O–H groups in total. The van der Waals surface area contributed by atoms with Crippen molar-refractivity contribution in [1.29, 1.82) is 0 Å². The van der Waals surface area contributed by atoms with Crippen molar-refractivity contribution in [2.45, 2.75) is 13.0 Å². The molecule has 0 aromatic carbocycles. The van der Waals surface area contributed by atoms with Gasteiger partial charge in [0.05, 0.1) is 6.61 Å². The smallest absolute Gasteiger partial charge is 0.407 e. The summed E-state index contributed by atoms with van der Waals surface area (Å²) in [6, 6.07) is -0.602. The third-order valence-corrected chi connectivity index (χ3v) is 1.49. The Morgan fingerprint density at radius 3 is 2.50 bits per heavy atom. The Hall–Kier alpha value is -1.30. The molecule has 2 amide bonds. The molecule has 1 unspecified atom stereocenters. The van der Waals surface area contributed by atoms with Crippen LogP contribution in [0.15, 0.2) is 0 Å². The van der Waals surface area contributed by atoms with Gasteiger partial charge >= 0.3 is 6.09 Å². The van der Waals surface area contributed by atoms with E-state index in [0.29, 0.717) is 6.61 Å². The first-order valence-corrected chi connectivity index (χ1v) is 4.25. The normalized spacial score (nSPS) is 11.6. The molecule has 0 saturated heterocycles. The maximum absolute atomic E-state index is 11.0. The molecule has 0 spiro atoms. The third-order valence-electron chi connectivity index (χ3n) is 1.49. The molecule has 0 rings (SSSR count). The topological polar surface area (TPSA) is 76.7 Å². The number of methoxy groups -OCH3 is 1. The van der Waals surface area contributed by atoms with Crippen molar-refractivity contribution in [1.82, 2.24) is 10.6 Å². The Balaban J connectivity index is 3.65.